The lowest BCUT2D eigenvalue weighted by atomic mass is 10.0. The van der Waals surface area contributed by atoms with E-state index in [0.717, 1.165) is 10.8 Å². The quantitative estimate of drug-likeness (QED) is 0.546. The van der Waals surface area contributed by atoms with Crippen LogP contribution in [0.1, 0.15) is 43.4 Å². The van der Waals surface area contributed by atoms with Gasteiger partial charge in [-0.15, -0.1) is 15.3 Å². The Morgan fingerprint density at radius 3 is 2.72 bits per heavy atom. The van der Waals surface area contributed by atoms with Gasteiger partial charge in [-0.2, -0.15) is 4.52 Å². The topological polar surface area (TPSA) is 135 Å². The molecule has 0 aliphatic rings. The normalized spacial score (nSPS) is 13.0. The highest BCUT2D eigenvalue weighted by Gasteiger charge is 2.19. The molecule has 3 heterocycles. The number of aryl methyl sites for hydroxylation is 1. The van der Waals surface area contributed by atoms with Gasteiger partial charge in [0.15, 0.2) is 10.2 Å². The van der Waals surface area contributed by atoms with Gasteiger partial charge in [0, 0.05) is 17.0 Å². The van der Waals surface area contributed by atoms with Crippen LogP contribution >= 0.6 is 23.1 Å². The van der Waals surface area contributed by atoms with E-state index in [1.165, 1.54) is 23.1 Å². The van der Waals surface area contributed by atoms with Gasteiger partial charge in [-0.1, -0.05) is 36.9 Å². The molecule has 0 amide bonds. The standard InChI is InChI=1S/C14H19N7O2S2/c1-6(2)4-9(15)10-18-19-13-21(10)20-14(25-13)24-5-8-7(3)16-12(23)17-11(8)22/h6,9H,4-5,15H2,1-3H3,(H2,16,17,22,23). The number of nitrogens with one attached hydrogen (secondary N) is 2. The summed E-state index contributed by atoms with van der Waals surface area (Å²) < 4.78 is 2.43. The summed E-state index contributed by atoms with van der Waals surface area (Å²) in [5.74, 6) is 1.49. The number of H-pyrrole nitrogens is 2. The zero-order chi connectivity index (χ0) is 18.1. The van der Waals surface area contributed by atoms with Crippen LogP contribution in [0.25, 0.3) is 4.96 Å². The first-order valence-electron chi connectivity index (χ1n) is 7.77. The molecule has 4 N–H and O–H groups in total. The zero-order valence-corrected chi connectivity index (χ0v) is 15.7. The Labute approximate surface area is 151 Å². The average Bonchev–Trinajstić information content (AvgIpc) is 3.04. The monoisotopic (exact) mass is 381 g/mol. The Kier molecular flexibility index (Phi) is 5.06. The van der Waals surface area contributed by atoms with Crippen molar-refractivity contribution in [1.29, 1.82) is 0 Å². The molecule has 1 atom stereocenters. The number of aromatic nitrogens is 6. The highest BCUT2D eigenvalue weighted by atomic mass is 32.2. The smallest absolute Gasteiger partial charge is 0.321 e. The maximum atomic E-state index is 11.9. The van der Waals surface area contributed by atoms with Crippen LogP contribution < -0.4 is 17.0 Å². The fourth-order valence-corrected chi connectivity index (χ4v) is 4.42. The minimum atomic E-state index is -0.501. The number of nitrogens with zero attached hydrogens (tertiary/aromatic N) is 4. The molecule has 0 bridgehead atoms. The van der Waals surface area contributed by atoms with Crippen LogP contribution in [0.5, 0.6) is 0 Å². The third-order valence-electron chi connectivity index (χ3n) is 3.65. The molecule has 9 nitrogen and oxygen atoms in total. The number of aromatic amines is 2. The number of rotatable bonds is 6. The molecule has 3 aromatic heterocycles. The summed E-state index contributed by atoms with van der Waals surface area (Å²) in [5, 5.41) is 12.8. The third-order valence-corrected chi connectivity index (χ3v) is 5.71. The molecule has 0 fully saturated rings. The van der Waals surface area contributed by atoms with Gasteiger partial charge in [-0.25, -0.2) is 4.79 Å². The van der Waals surface area contributed by atoms with Crippen LogP contribution in [0, 0.1) is 12.8 Å². The number of fused-ring (bicyclic) bond motifs is 1. The summed E-state index contributed by atoms with van der Waals surface area (Å²) >= 11 is 2.80. The van der Waals surface area contributed by atoms with Gasteiger partial charge < -0.3 is 10.7 Å². The van der Waals surface area contributed by atoms with Crippen LogP contribution in [0.4, 0.5) is 0 Å². The highest BCUT2D eigenvalue weighted by molar-refractivity contribution is 8.00. The van der Waals surface area contributed by atoms with Gasteiger partial charge >= 0.3 is 5.69 Å². The van der Waals surface area contributed by atoms with E-state index >= 15 is 0 Å². The van der Waals surface area contributed by atoms with E-state index in [1.54, 1.807) is 11.4 Å². The molecule has 0 radical (unpaired) electrons. The number of hydrogen-bond acceptors (Lipinski definition) is 8. The van der Waals surface area contributed by atoms with Crippen molar-refractivity contribution < 1.29 is 0 Å². The largest absolute Gasteiger partial charge is 0.325 e. The lowest BCUT2D eigenvalue weighted by Crippen LogP contribution is -2.26. The van der Waals surface area contributed by atoms with Crippen molar-refractivity contribution >= 4 is 28.1 Å². The SMILES string of the molecule is Cc1[nH]c(=O)[nH]c(=O)c1CSc1nn2c(C(N)CC(C)C)nnc2s1. The Morgan fingerprint density at radius 1 is 1.28 bits per heavy atom. The summed E-state index contributed by atoms with van der Waals surface area (Å²) in [6.45, 7) is 5.91. The van der Waals surface area contributed by atoms with Crippen LogP contribution in [0.2, 0.25) is 0 Å². The molecule has 3 aromatic rings. The highest BCUT2D eigenvalue weighted by Crippen LogP contribution is 2.28. The first kappa shape index (κ1) is 17.8. The number of hydrogen-bond donors (Lipinski definition) is 3. The summed E-state index contributed by atoms with van der Waals surface area (Å²) in [6.07, 6.45) is 0.798. The first-order valence-corrected chi connectivity index (χ1v) is 9.58. The zero-order valence-electron chi connectivity index (χ0n) is 14.1. The lowest BCUT2D eigenvalue weighted by molar-refractivity contribution is 0.485. The summed E-state index contributed by atoms with van der Waals surface area (Å²) in [4.78, 5) is 28.6. The van der Waals surface area contributed by atoms with Crippen molar-refractivity contribution in [1.82, 2.24) is 29.8 Å². The second-order valence-electron chi connectivity index (χ2n) is 6.16. The third kappa shape index (κ3) is 3.83. The average molecular weight is 381 g/mol. The molecule has 0 aromatic carbocycles. The van der Waals surface area contributed by atoms with Gasteiger partial charge in [0.2, 0.25) is 4.96 Å². The Balaban J connectivity index is 1.81. The molecule has 0 spiro atoms. The number of nitrogens with two attached hydrogens (primary N) is 1. The molecule has 0 aliphatic heterocycles. The minimum Gasteiger partial charge on any atom is -0.321 e. The summed E-state index contributed by atoms with van der Waals surface area (Å²) in [5.41, 5.74) is 6.39. The van der Waals surface area contributed by atoms with Gasteiger partial charge in [0.25, 0.3) is 5.56 Å². The molecule has 3 rings (SSSR count). The molecule has 1 unspecified atom stereocenters. The van der Waals surface area contributed by atoms with Crippen LogP contribution in [-0.4, -0.2) is 29.8 Å². The van der Waals surface area contributed by atoms with Crippen molar-refractivity contribution in [3.8, 4) is 0 Å². The number of thioether (sulfide) groups is 1. The van der Waals surface area contributed by atoms with Crippen LogP contribution in [0.15, 0.2) is 13.9 Å². The Morgan fingerprint density at radius 2 is 2.04 bits per heavy atom. The first-order chi connectivity index (χ1) is 11.8. The fraction of sp³-hybridized carbons (Fsp3) is 0.500. The van der Waals surface area contributed by atoms with E-state index < -0.39 is 5.69 Å². The maximum absolute atomic E-state index is 11.9. The van der Waals surface area contributed by atoms with Crippen molar-refractivity contribution in [2.45, 2.75) is 43.3 Å². The van der Waals surface area contributed by atoms with E-state index in [1.807, 2.05) is 0 Å². The molecular weight excluding hydrogens is 362 g/mol. The molecular formula is C14H19N7O2S2. The van der Waals surface area contributed by atoms with Gasteiger partial charge in [0.05, 0.1) is 6.04 Å². The molecule has 0 saturated carbocycles. The van der Waals surface area contributed by atoms with Crippen molar-refractivity contribution in [3.63, 3.8) is 0 Å². The predicted octanol–water partition coefficient (Wildman–Crippen LogP) is 1.21. The summed E-state index contributed by atoms with van der Waals surface area (Å²) in [6, 6.07) is -0.223. The molecule has 25 heavy (non-hydrogen) atoms. The summed E-state index contributed by atoms with van der Waals surface area (Å²) in [7, 11) is 0. The van der Waals surface area contributed by atoms with E-state index in [4.69, 9.17) is 5.73 Å². The molecule has 134 valence electrons. The second-order valence-corrected chi connectivity index (χ2v) is 8.34. The van der Waals surface area contributed by atoms with E-state index in [9.17, 15) is 9.59 Å². The second kappa shape index (κ2) is 7.10. The fourth-order valence-electron chi connectivity index (χ4n) is 2.45. The molecule has 0 aliphatic carbocycles. The van der Waals surface area contributed by atoms with Gasteiger partial charge in [-0.05, 0) is 19.3 Å². The lowest BCUT2D eigenvalue weighted by Gasteiger charge is -2.10. The van der Waals surface area contributed by atoms with Crippen LogP contribution in [-0.2, 0) is 5.75 Å². The van der Waals surface area contributed by atoms with Gasteiger partial charge in [0.1, 0.15) is 0 Å². The molecule has 11 heteroatoms. The van der Waals surface area contributed by atoms with Crippen molar-refractivity contribution in [2.24, 2.45) is 11.7 Å². The van der Waals surface area contributed by atoms with Crippen molar-refractivity contribution in [3.05, 3.63) is 37.9 Å². The Hall–Kier alpha value is -1.98. The Bertz CT molecular complexity index is 1000. The van der Waals surface area contributed by atoms with Crippen LogP contribution in [0.3, 0.4) is 0 Å². The predicted molar refractivity (Wildman–Crippen MR) is 97.0 cm³/mol. The van der Waals surface area contributed by atoms with Crippen molar-refractivity contribution in [2.75, 3.05) is 0 Å². The van der Waals surface area contributed by atoms with E-state index in [-0.39, 0.29) is 11.6 Å². The van der Waals surface area contributed by atoms with E-state index in [2.05, 4.69) is 39.1 Å². The maximum Gasteiger partial charge on any atom is 0.325 e. The van der Waals surface area contributed by atoms with Gasteiger partial charge in [-0.3, -0.25) is 9.78 Å². The van der Waals surface area contributed by atoms with E-state index in [0.29, 0.717) is 33.7 Å². The minimum absolute atomic E-state index is 0.223. The molecule has 0 saturated heterocycles.